The lowest BCUT2D eigenvalue weighted by molar-refractivity contribution is 0.176. The molecule has 0 saturated carbocycles. The molecule has 1 aromatic heterocycles. The zero-order valence-corrected chi connectivity index (χ0v) is 11.6. The molecule has 1 aliphatic rings. The first-order valence-electron chi connectivity index (χ1n) is 7.09. The van der Waals surface area contributed by atoms with Crippen LogP contribution in [0.4, 0.5) is 0 Å². The van der Waals surface area contributed by atoms with E-state index in [0.29, 0.717) is 5.92 Å². The molecular weight excluding hydrogens is 226 g/mol. The molecule has 4 nitrogen and oxygen atoms in total. The first kappa shape index (κ1) is 13.6. The van der Waals surface area contributed by atoms with E-state index in [1.165, 1.54) is 25.9 Å². The summed E-state index contributed by atoms with van der Waals surface area (Å²) < 4.78 is 5.76. The first-order chi connectivity index (χ1) is 8.67. The number of rotatable bonds is 5. The van der Waals surface area contributed by atoms with Crippen LogP contribution in [0.3, 0.4) is 0 Å². The molecule has 0 bridgehead atoms. The van der Waals surface area contributed by atoms with Gasteiger partial charge in [-0.15, -0.1) is 0 Å². The average molecular weight is 251 g/mol. The first-order valence-corrected chi connectivity index (χ1v) is 7.09. The van der Waals surface area contributed by atoms with E-state index >= 15 is 0 Å². The van der Waals surface area contributed by atoms with E-state index in [9.17, 15) is 0 Å². The fourth-order valence-electron chi connectivity index (χ4n) is 2.71. The number of nitrogens with zero attached hydrogens (tertiary/aromatic N) is 2. The van der Waals surface area contributed by atoms with Gasteiger partial charge >= 0.3 is 0 Å². The van der Waals surface area contributed by atoms with E-state index in [1.54, 1.807) is 0 Å². The monoisotopic (exact) mass is 251 g/mol. The van der Waals surface area contributed by atoms with Crippen molar-refractivity contribution in [3.05, 3.63) is 17.8 Å². The summed E-state index contributed by atoms with van der Waals surface area (Å²) in [6.07, 6.45) is 6.17. The average Bonchev–Trinajstić information content (AvgIpc) is 2.76. The fourth-order valence-corrected chi connectivity index (χ4v) is 2.71. The third-order valence-electron chi connectivity index (χ3n) is 3.64. The van der Waals surface area contributed by atoms with Gasteiger partial charge in [0.25, 0.3) is 0 Å². The van der Waals surface area contributed by atoms with Gasteiger partial charge in [0.05, 0.1) is 6.20 Å². The standard InChI is InChI=1S/C14H25N3O/c1-3-17-6-4-5-12(10-17)8-14-16-9-13(18-14)7-11(2)15/h9,11-12H,3-8,10,15H2,1-2H3. The summed E-state index contributed by atoms with van der Waals surface area (Å²) in [6.45, 7) is 7.80. The minimum Gasteiger partial charge on any atom is -0.446 e. The Bertz CT molecular complexity index is 362. The van der Waals surface area contributed by atoms with Gasteiger partial charge in [0, 0.05) is 25.4 Å². The fraction of sp³-hybridized carbons (Fsp3) is 0.786. The number of oxazole rings is 1. The molecule has 1 fully saturated rings. The van der Waals surface area contributed by atoms with Gasteiger partial charge in [0.2, 0.25) is 0 Å². The number of hydrogen-bond acceptors (Lipinski definition) is 4. The Morgan fingerprint density at radius 1 is 1.61 bits per heavy atom. The van der Waals surface area contributed by atoms with Crippen molar-refractivity contribution < 1.29 is 4.42 Å². The normalized spacial score (nSPS) is 23.2. The van der Waals surface area contributed by atoms with Crippen LogP contribution in [0.25, 0.3) is 0 Å². The van der Waals surface area contributed by atoms with Crippen LogP contribution in [0, 0.1) is 5.92 Å². The molecule has 1 aliphatic heterocycles. The molecule has 2 rings (SSSR count). The highest BCUT2D eigenvalue weighted by Gasteiger charge is 2.20. The molecule has 18 heavy (non-hydrogen) atoms. The second-order valence-corrected chi connectivity index (χ2v) is 5.51. The quantitative estimate of drug-likeness (QED) is 0.867. The van der Waals surface area contributed by atoms with Crippen LogP contribution < -0.4 is 5.73 Å². The molecule has 0 aliphatic carbocycles. The maximum atomic E-state index is 5.76. The van der Waals surface area contributed by atoms with Crippen molar-refractivity contribution in [2.24, 2.45) is 11.7 Å². The summed E-state index contributed by atoms with van der Waals surface area (Å²) in [5.41, 5.74) is 5.76. The van der Waals surface area contributed by atoms with Crippen molar-refractivity contribution in [2.75, 3.05) is 19.6 Å². The van der Waals surface area contributed by atoms with Gasteiger partial charge in [0.15, 0.2) is 5.89 Å². The molecule has 2 heterocycles. The Hall–Kier alpha value is -0.870. The minimum atomic E-state index is 0.135. The predicted octanol–water partition coefficient (Wildman–Crippen LogP) is 1.84. The van der Waals surface area contributed by atoms with E-state index in [2.05, 4.69) is 16.8 Å². The highest BCUT2D eigenvalue weighted by atomic mass is 16.4. The van der Waals surface area contributed by atoms with Crippen LogP contribution in [0.5, 0.6) is 0 Å². The molecular formula is C14H25N3O. The SMILES string of the molecule is CCN1CCCC(Cc2ncc(CC(C)N)o2)C1. The number of aromatic nitrogens is 1. The molecule has 2 unspecified atom stereocenters. The maximum absolute atomic E-state index is 5.76. The predicted molar refractivity (Wildman–Crippen MR) is 72.4 cm³/mol. The zero-order chi connectivity index (χ0) is 13.0. The smallest absolute Gasteiger partial charge is 0.194 e. The molecule has 102 valence electrons. The van der Waals surface area contributed by atoms with Crippen molar-refractivity contribution in [3.8, 4) is 0 Å². The number of hydrogen-bond donors (Lipinski definition) is 1. The number of likely N-dealkylation sites (tertiary alicyclic amines) is 1. The summed E-state index contributed by atoms with van der Waals surface area (Å²) in [5.74, 6) is 2.50. The second-order valence-electron chi connectivity index (χ2n) is 5.51. The molecule has 1 aromatic rings. The third kappa shape index (κ3) is 3.82. The van der Waals surface area contributed by atoms with Crippen LogP contribution in [-0.2, 0) is 12.8 Å². The van der Waals surface area contributed by atoms with E-state index in [-0.39, 0.29) is 6.04 Å². The number of piperidine rings is 1. The number of nitrogens with two attached hydrogens (primary N) is 1. The molecule has 4 heteroatoms. The Morgan fingerprint density at radius 3 is 3.17 bits per heavy atom. The molecule has 1 saturated heterocycles. The summed E-state index contributed by atoms with van der Waals surface area (Å²) in [7, 11) is 0. The topological polar surface area (TPSA) is 55.3 Å². The Morgan fingerprint density at radius 2 is 2.44 bits per heavy atom. The highest BCUT2D eigenvalue weighted by molar-refractivity contribution is 4.97. The van der Waals surface area contributed by atoms with Gasteiger partial charge in [0.1, 0.15) is 5.76 Å². The summed E-state index contributed by atoms with van der Waals surface area (Å²) in [5, 5.41) is 0. The van der Waals surface area contributed by atoms with E-state index < -0.39 is 0 Å². The summed E-state index contributed by atoms with van der Waals surface area (Å²) in [6, 6.07) is 0.135. The molecule has 0 amide bonds. The Balaban J connectivity index is 1.86. The van der Waals surface area contributed by atoms with Gasteiger partial charge < -0.3 is 15.1 Å². The molecule has 0 aromatic carbocycles. The van der Waals surface area contributed by atoms with Crippen molar-refractivity contribution in [1.29, 1.82) is 0 Å². The van der Waals surface area contributed by atoms with Crippen LogP contribution in [0.15, 0.2) is 10.6 Å². The lowest BCUT2D eigenvalue weighted by Crippen LogP contribution is -2.35. The minimum absolute atomic E-state index is 0.135. The van der Waals surface area contributed by atoms with Gasteiger partial charge in [-0.1, -0.05) is 6.92 Å². The van der Waals surface area contributed by atoms with Crippen LogP contribution in [-0.4, -0.2) is 35.6 Å². The lowest BCUT2D eigenvalue weighted by Gasteiger charge is -2.31. The van der Waals surface area contributed by atoms with Gasteiger partial charge in [-0.3, -0.25) is 0 Å². The van der Waals surface area contributed by atoms with Crippen molar-refractivity contribution in [1.82, 2.24) is 9.88 Å². The van der Waals surface area contributed by atoms with Crippen molar-refractivity contribution in [2.45, 2.75) is 45.6 Å². The van der Waals surface area contributed by atoms with E-state index in [1.807, 2.05) is 13.1 Å². The van der Waals surface area contributed by atoms with Gasteiger partial charge in [-0.25, -0.2) is 4.98 Å². The van der Waals surface area contributed by atoms with E-state index in [4.69, 9.17) is 10.2 Å². The van der Waals surface area contributed by atoms with Gasteiger partial charge in [-0.2, -0.15) is 0 Å². The molecule has 0 spiro atoms. The summed E-state index contributed by atoms with van der Waals surface area (Å²) in [4.78, 5) is 6.89. The largest absolute Gasteiger partial charge is 0.446 e. The Labute approximate surface area is 110 Å². The van der Waals surface area contributed by atoms with Crippen LogP contribution in [0.2, 0.25) is 0 Å². The maximum Gasteiger partial charge on any atom is 0.194 e. The van der Waals surface area contributed by atoms with Crippen molar-refractivity contribution >= 4 is 0 Å². The lowest BCUT2D eigenvalue weighted by atomic mass is 9.95. The van der Waals surface area contributed by atoms with Crippen LogP contribution in [0.1, 0.15) is 38.3 Å². The van der Waals surface area contributed by atoms with Crippen molar-refractivity contribution in [3.63, 3.8) is 0 Å². The zero-order valence-electron chi connectivity index (χ0n) is 11.6. The third-order valence-corrected chi connectivity index (χ3v) is 3.64. The second kappa shape index (κ2) is 6.34. The highest BCUT2D eigenvalue weighted by Crippen LogP contribution is 2.20. The summed E-state index contributed by atoms with van der Waals surface area (Å²) >= 11 is 0. The Kier molecular flexibility index (Phi) is 4.78. The van der Waals surface area contributed by atoms with E-state index in [0.717, 1.165) is 31.0 Å². The van der Waals surface area contributed by atoms with Crippen LogP contribution >= 0.6 is 0 Å². The molecule has 2 N–H and O–H groups in total. The molecule has 2 atom stereocenters. The molecule has 0 radical (unpaired) electrons. The van der Waals surface area contributed by atoms with Gasteiger partial charge in [-0.05, 0) is 38.8 Å².